The van der Waals surface area contributed by atoms with Gasteiger partial charge in [0.2, 0.25) is 15.9 Å². The fraction of sp³-hybridized carbons (Fsp3) is 0.800. The Bertz CT molecular complexity index is 419. The average molecular weight is 259 g/mol. The summed E-state index contributed by atoms with van der Waals surface area (Å²) in [5.41, 5.74) is 5.10. The molecule has 0 aromatic heterocycles. The molecule has 0 spiro atoms. The number of sulfonamides is 1. The van der Waals surface area contributed by atoms with Gasteiger partial charge in [0.15, 0.2) is 5.25 Å². The Kier molecular flexibility index (Phi) is 4.48. The van der Waals surface area contributed by atoms with Crippen LogP contribution >= 0.6 is 0 Å². The van der Waals surface area contributed by atoms with Crippen molar-refractivity contribution in [2.45, 2.75) is 31.4 Å². The van der Waals surface area contributed by atoms with Gasteiger partial charge in [-0.1, -0.05) is 0 Å². The molecule has 2 N–H and O–H groups in total. The Hall–Kier alpha value is -1.13. The van der Waals surface area contributed by atoms with Gasteiger partial charge in [0.05, 0.1) is 6.07 Å². The van der Waals surface area contributed by atoms with Gasteiger partial charge in [-0.05, 0) is 25.7 Å². The molecule has 0 aliphatic carbocycles. The van der Waals surface area contributed by atoms with E-state index in [4.69, 9.17) is 11.0 Å². The van der Waals surface area contributed by atoms with Crippen LogP contribution < -0.4 is 5.73 Å². The zero-order valence-corrected chi connectivity index (χ0v) is 10.6. The Balaban J connectivity index is 2.58. The number of rotatable bonds is 4. The van der Waals surface area contributed by atoms with Crippen LogP contribution in [-0.4, -0.2) is 37.0 Å². The molecule has 96 valence electrons. The van der Waals surface area contributed by atoms with Gasteiger partial charge in [0, 0.05) is 19.5 Å². The topological polar surface area (TPSA) is 104 Å². The van der Waals surface area contributed by atoms with Crippen molar-refractivity contribution >= 4 is 15.9 Å². The third kappa shape index (κ3) is 3.41. The first-order valence-corrected chi connectivity index (χ1v) is 7.05. The van der Waals surface area contributed by atoms with Crippen molar-refractivity contribution in [3.63, 3.8) is 0 Å². The van der Waals surface area contributed by atoms with Gasteiger partial charge in [-0.3, -0.25) is 4.79 Å². The number of nitriles is 1. The normalized spacial score (nSPS) is 20.7. The number of amides is 1. The summed E-state index contributed by atoms with van der Waals surface area (Å²) in [6.07, 6.45) is 1.56. The van der Waals surface area contributed by atoms with Crippen LogP contribution in [0.25, 0.3) is 0 Å². The second-order valence-electron chi connectivity index (χ2n) is 4.33. The fourth-order valence-electron chi connectivity index (χ4n) is 1.94. The monoisotopic (exact) mass is 259 g/mol. The van der Waals surface area contributed by atoms with Crippen LogP contribution in [0.4, 0.5) is 0 Å². The predicted molar refractivity (Wildman–Crippen MR) is 62.1 cm³/mol. The van der Waals surface area contributed by atoms with Crippen LogP contribution in [0.3, 0.4) is 0 Å². The summed E-state index contributed by atoms with van der Waals surface area (Å²) in [5.74, 6) is -0.187. The predicted octanol–water partition coefficient (Wildman–Crippen LogP) is -0.184. The quantitative estimate of drug-likeness (QED) is 0.755. The molecule has 1 saturated heterocycles. The van der Waals surface area contributed by atoms with Crippen molar-refractivity contribution in [1.29, 1.82) is 5.26 Å². The lowest BCUT2D eigenvalue weighted by Crippen LogP contribution is -2.42. The van der Waals surface area contributed by atoms with E-state index >= 15 is 0 Å². The summed E-state index contributed by atoms with van der Waals surface area (Å²) >= 11 is 0. The highest BCUT2D eigenvalue weighted by molar-refractivity contribution is 7.89. The minimum atomic E-state index is -3.51. The SMILES string of the molecule is CC(C#N)S(=O)(=O)N1CCC(CC(N)=O)CC1. The first-order valence-electron chi connectivity index (χ1n) is 5.54. The average Bonchev–Trinajstić information content (AvgIpc) is 2.27. The maximum atomic E-state index is 11.9. The summed E-state index contributed by atoms with van der Waals surface area (Å²) in [7, 11) is -3.51. The molecule has 7 heteroatoms. The first-order chi connectivity index (χ1) is 7.87. The summed E-state index contributed by atoms with van der Waals surface area (Å²) in [4.78, 5) is 10.7. The lowest BCUT2D eigenvalue weighted by molar-refractivity contribution is -0.119. The van der Waals surface area contributed by atoms with Gasteiger partial charge >= 0.3 is 0 Å². The molecule has 0 aromatic carbocycles. The van der Waals surface area contributed by atoms with E-state index in [0.29, 0.717) is 32.4 Å². The number of carbonyl (C=O) groups is 1. The molecule has 1 aliphatic rings. The van der Waals surface area contributed by atoms with Crippen molar-refractivity contribution in [2.24, 2.45) is 11.7 Å². The van der Waals surface area contributed by atoms with E-state index in [0.717, 1.165) is 0 Å². The highest BCUT2D eigenvalue weighted by Crippen LogP contribution is 2.23. The van der Waals surface area contributed by atoms with Gasteiger partial charge in [-0.2, -0.15) is 5.26 Å². The van der Waals surface area contributed by atoms with Gasteiger partial charge in [-0.25, -0.2) is 12.7 Å². The molecule has 1 atom stereocenters. The smallest absolute Gasteiger partial charge is 0.230 e. The largest absolute Gasteiger partial charge is 0.370 e. The van der Waals surface area contributed by atoms with Gasteiger partial charge in [0.1, 0.15) is 0 Å². The van der Waals surface area contributed by atoms with Crippen LogP contribution in [0.5, 0.6) is 0 Å². The lowest BCUT2D eigenvalue weighted by Gasteiger charge is -2.31. The Morgan fingerprint density at radius 3 is 2.47 bits per heavy atom. The zero-order chi connectivity index (χ0) is 13.1. The minimum Gasteiger partial charge on any atom is -0.370 e. The Morgan fingerprint density at radius 2 is 2.06 bits per heavy atom. The van der Waals surface area contributed by atoms with Gasteiger partial charge < -0.3 is 5.73 Å². The Morgan fingerprint density at radius 1 is 1.53 bits per heavy atom. The van der Waals surface area contributed by atoms with E-state index in [1.165, 1.54) is 11.2 Å². The molecule has 0 radical (unpaired) electrons. The van der Waals surface area contributed by atoms with E-state index in [9.17, 15) is 13.2 Å². The minimum absolute atomic E-state index is 0.163. The molecule has 6 nitrogen and oxygen atoms in total. The maximum Gasteiger partial charge on any atom is 0.230 e. The van der Waals surface area contributed by atoms with Crippen molar-refractivity contribution in [3.8, 4) is 6.07 Å². The third-order valence-corrected chi connectivity index (χ3v) is 5.14. The van der Waals surface area contributed by atoms with Crippen molar-refractivity contribution in [3.05, 3.63) is 0 Å². The van der Waals surface area contributed by atoms with E-state index in [1.807, 2.05) is 0 Å². The highest BCUT2D eigenvalue weighted by Gasteiger charge is 2.32. The molecule has 1 heterocycles. The van der Waals surface area contributed by atoms with Crippen LogP contribution in [-0.2, 0) is 14.8 Å². The molecule has 0 aromatic rings. The number of hydrogen-bond acceptors (Lipinski definition) is 4. The summed E-state index contributed by atoms with van der Waals surface area (Å²) < 4.78 is 25.0. The molecular formula is C10H17N3O3S. The zero-order valence-electron chi connectivity index (χ0n) is 9.80. The molecular weight excluding hydrogens is 242 g/mol. The molecule has 1 rings (SSSR count). The highest BCUT2D eigenvalue weighted by atomic mass is 32.2. The second kappa shape index (κ2) is 5.47. The summed E-state index contributed by atoms with van der Waals surface area (Å²) in [6.45, 7) is 2.11. The molecule has 1 aliphatic heterocycles. The number of carbonyl (C=O) groups excluding carboxylic acids is 1. The van der Waals surface area contributed by atoms with E-state index in [1.54, 1.807) is 6.07 Å². The van der Waals surface area contributed by atoms with E-state index in [2.05, 4.69) is 0 Å². The number of piperidine rings is 1. The van der Waals surface area contributed by atoms with E-state index in [-0.39, 0.29) is 11.8 Å². The lowest BCUT2D eigenvalue weighted by atomic mass is 9.94. The van der Waals surface area contributed by atoms with Crippen LogP contribution in [0, 0.1) is 17.2 Å². The standard InChI is InChI=1S/C10H17N3O3S/c1-8(7-11)17(15,16)13-4-2-9(3-5-13)6-10(12)14/h8-9H,2-6H2,1H3,(H2,12,14). The molecule has 0 bridgehead atoms. The number of hydrogen-bond donors (Lipinski definition) is 1. The maximum absolute atomic E-state index is 11.9. The van der Waals surface area contributed by atoms with Crippen LogP contribution in [0.1, 0.15) is 26.2 Å². The Labute approximate surface area is 101 Å². The summed E-state index contributed by atoms with van der Waals surface area (Å²) in [6, 6.07) is 1.74. The van der Waals surface area contributed by atoms with Gasteiger partial charge in [-0.15, -0.1) is 0 Å². The summed E-state index contributed by atoms with van der Waals surface area (Å²) in [5, 5.41) is 7.64. The third-order valence-electron chi connectivity index (χ3n) is 3.05. The van der Waals surface area contributed by atoms with E-state index < -0.39 is 15.3 Å². The van der Waals surface area contributed by atoms with Crippen molar-refractivity contribution in [1.82, 2.24) is 4.31 Å². The fourth-order valence-corrected chi connectivity index (χ4v) is 3.24. The van der Waals surface area contributed by atoms with Gasteiger partial charge in [0.25, 0.3) is 0 Å². The van der Waals surface area contributed by atoms with Crippen LogP contribution in [0.2, 0.25) is 0 Å². The second-order valence-corrected chi connectivity index (χ2v) is 6.58. The first kappa shape index (κ1) is 13.9. The van der Waals surface area contributed by atoms with Crippen molar-refractivity contribution < 1.29 is 13.2 Å². The molecule has 1 fully saturated rings. The van der Waals surface area contributed by atoms with Crippen molar-refractivity contribution in [2.75, 3.05) is 13.1 Å². The molecule has 17 heavy (non-hydrogen) atoms. The molecule has 1 amide bonds. The van der Waals surface area contributed by atoms with Crippen LogP contribution in [0.15, 0.2) is 0 Å². The molecule has 1 unspecified atom stereocenters. The molecule has 0 saturated carbocycles. The number of primary amides is 1. The number of nitrogens with zero attached hydrogens (tertiary/aromatic N) is 2. The number of nitrogens with two attached hydrogens (primary N) is 1.